The second-order valence-corrected chi connectivity index (χ2v) is 7.02. The van der Waals surface area contributed by atoms with Crippen LogP contribution in [0.1, 0.15) is 42.5 Å². The summed E-state index contributed by atoms with van der Waals surface area (Å²) in [6.45, 7) is 4.15. The normalized spacial score (nSPS) is 15.3. The highest BCUT2D eigenvalue weighted by Gasteiger charge is 2.25. The van der Waals surface area contributed by atoms with E-state index >= 15 is 0 Å². The Morgan fingerprint density at radius 1 is 1.29 bits per heavy atom. The van der Waals surface area contributed by atoms with Crippen LogP contribution in [0.25, 0.3) is 11.0 Å². The summed E-state index contributed by atoms with van der Waals surface area (Å²) in [6.07, 6.45) is 0.885. The molecule has 1 aliphatic heterocycles. The first-order valence-electron chi connectivity index (χ1n) is 9.37. The third-order valence-corrected chi connectivity index (χ3v) is 5.08. The Balaban J connectivity index is 1.61. The quantitative estimate of drug-likeness (QED) is 0.634. The molecule has 0 radical (unpaired) electrons. The molecule has 3 aromatic rings. The van der Waals surface area contributed by atoms with E-state index in [9.17, 15) is 9.59 Å². The number of hydrogen-bond acceptors (Lipinski definition) is 4. The monoisotopic (exact) mass is 378 g/mol. The maximum atomic E-state index is 12.9. The van der Waals surface area contributed by atoms with Gasteiger partial charge in [0.1, 0.15) is 11.6 Å². The summed E-state index contributed by atoms with van der Waals surface area (Å²) < 4.78 is 5.35. The Labute approximate surface area is 162 Å². The van der Waals surface area contributed by atoms with E-state index in [-0.39, 0.29) is 30.4 Å². The first-order valence-corrected chi connectivity index (χ1v) is 9.37. The van der Waals surface area contributed by atoms with Gasteiger partial charge in [0.05, 0.1) is 22.8 Å². The highest BCUT2D eigenvalue weighted by atomic mass is 16.5. The first-order chi connectivity index (χ1) is 13.5. The van der Waals surface area contributed by atoms with Gasteiger partial charge in [-0.15, -0.1) is 0 Å². The van der Waals surface area contributed by atoms with Crippen molar-refractivity contribution in [3.8, 4) is 5.75 Å². The molecule has 1 aromatic heterocycles. The molecule has 7 nitrogen and oxygen atoms in total. The van der Waals surface area contributed by atoms with Gasteiger partial charge in [-0.3, -0.25) is 9.59 Å². The molecular weight excluding hydrogens is 356 g/mol. The fourth-order valence-corrected chi connectivity index (χ4v) is 3.28. The van der Waals surface area contributed by atoms with Gasteiger partial charge in [-0.25, -0.2) is 4.98 Å². The lowest BCUT2D eigenvalue weighted by molar-refractivity contribution is -0.118. The number of para-hydroxylation sites is 2. The van der Waals surface area contributed by atoms with Crippen molar-refractivity contribution < 1.29 is 14.3 Å². The number of fused-ring (bicyclic) bond motifs is 2. The number of carbonyl (C=O) groups excluding carboxylic acids is 2. The number of imidazole rings is 1. The summed E-state index contributed by atoms with van der Waals surface area (Å²) >= 11 is 0. The van der Waals surface area contributed by atoms with Gasteiger partial charge in [0.2, 0.25) is 0 Å². The van der Waals surface area contributed by atoms with Gasteiger partial charge < -0.3 is 20.4 Å². The van der Waals surface area contributed by atoms with Crippen LogP contribution in [-0.4, -0.2) is 28.4 Å². The van der Waals surface area contributed by atoms with E-state index in [2.05, 4.69) is 34.4 Å². The fraction of sp³-hybridized carbons (Fsp3) is 0.286. The zero-order valence-corrected chi connectivity index (χ0v) is 15.8. The van der Waals surface area contributed by atoms with E-state index < -0.39 is 0 Å². The Morgan fingerprint density at radius 2 is 2.11 bits per heavy atom. The number of aromatic amines is 1. The molecule has 2 aromatic carbocycles. The molecule has 7 heteroatoms. The first kappa shape index (κ1) is 18.0. The van der Waals surface area contributed by atoms with Crippen LogP contribution in [0.15, 0.2) is 42.5 Å². The molecule has 0 unspecified atom stereocenters. The van der Waals surface area contributed by atoms with Crippen LogP contribution in [0, 0.1) is 5.92 Å². The SMILES string of the molecule is CC[C@@H](C)[C@@H](NC(=O)c1ccc2c(c1)NC(=O)CO2)c1nc2ccccc2[nH]1. The van der Waals surface area contributed by atoms with Crippen molar-refractivity contribution >= 4 is 28.5 Å². The Morgan fingerprint density at radius 3 is 2.89 bits per heavy atom. The number of carbonyl (C=O) groups is 2. The van der Waals surface area contributed by atoms with Gasteiger partial charge in [-0.05, 0) is 36.2 Å². The lowest BCUT2D eigenvalue weighted by Gasteiger charge is -2.23. The number of anilines is 1. The summed E-state index contributed by atoms with van der Waals surface area (Å²) in [5, 5.41) is 5.82. The van der Waals surface area contributed by atoms with Crippen LogP contribution >= 0.6 is 0 Å². The number of benzene rings is 2. The molecule has 0 aliphatic carbocycles. The van der Waals surface area contributed by atoms with E-state index in [1.807, 2.05) is 24.3 Å². The molecule has 0 saturated carbocycles. The van der Waals surface area contributed by atoms with Gasteiger partial charge >= 0.3 is 0 Å². The standard InChI is InChI=1S/C21H22N4O3/c1-3-12(2)19(20-23-14-6-4-5-7-15(14)24-20)25-21(27)13-8-9-17-16(10-13)22-18(26)11-28-17/h4-10,12,19H,3,11H2,1-2H3,(H,22,26)(H,23,24)(H,25,27)/t12-,19-/m1/s1. The molecule has 0 saturated heterocycles. The number of nitrogens with zero attached hydrogens (tertiary/aromatic N) is 1. The van der Waals surface area contributed by atoms with Gasteiger partial charge in [0, 0.05) is 5.56 Å². The molecular formula is C21H22N4O3. The average molecular weight is 378 g/mol. The Bertz CT molecular complexity index is 1010. The zero-order valence-electron chi connectivity index (χ0n) is 15.8. The average Bonchev–Trinajstić information content (AvgIpc) is 3.14. The fourth-order valence-electron chi connectivity index (χ4n) is 3.28. The van der Waals surface area contributed by atoms with E-state index in [0.29, 0.717) is 17.0 Å². The van der Waals surface area contributed by atoms with Crippen molar-refractivity contribution in [1.82, 2.24) is 15.3 Å². The third kappa shape index (κ3) is 3.43. The van der Waals surface area contributed by atoms with Crippen LogP contribution in [0.3, 0.4) is 0 Å². The minimum Gasteiger partial charge on any atom is -0.482 e. The van der Waals surface area contributed by atoms with E-state index in [1.165, 1.54) is 0 Å². The topological polar surface area (TPSA) is 96.1 Å². The number of aromatic nitrogens is 2. The highest BCUT2D eigenvalue weighted by Crippen LogP contribution is 2.29. The van der Waals surface area contributed by atoms with Crippen molar-refractivity contribution in [2.75, 3.05) is 11.9 Å². The van der Waals surface area contributed by atoms with Crippen molar-refractivity contribution in [1.29, 1.82) is 0 Å². The second-order valence-electron chi connectivity index (χ2n) is 7.02. The Kier molecular flexibility index (Phi) is 4.73. The summed E-state index contributed by atoms with van der Waals surface area (Å²) in [5.41, 5.74) is 2.77. The second kappa shape index (κ2) is 7.34. The van der Waals surface area contributed by atoms with Gasteiger partial charge in [0.25, 0.3) is 11.8 Å². The lowest BCUT2D eigenvalue weighted by Crippen LogP contribution is -2.33. The molecule has 2 heterocycles. The number of amides is 2. The number of ether oxygens (including phenoxy) is 1. The minimum absolute atomic E-state index is 0.0132. The van der Waals surface area contributed by atoms with E-state index in [1.54, 1.807) is 18.2 Å². The molecule has 0 fully saturated rings. The maximum Gasteiger partial charge on any atom is 0.262 e. The van der Waals surface area contributed by atoms with Crippen LogP contribution in [0.2, 0.25) is 0 Å². The van der Waals surface area contributed by atoms with Gasteiger partial charge in [-0.1, -0.05) is 32.4 Å². The number of hydrogen-bond donors (Lipinski definition) is 3. The molecule has 144 valence electrons. The molecule has 3 N–H and O–H groups in total. The molecule has 0 spiro atoms. The van der Waals surface area contributed by atoms with Crippen LogP contribution in [0.4, 0.5) is 5.69 Å². The summed E-state index contributed by atoms with van der Waals surface area (Å²) in [5.74, 6) is 1.02. The van der Waals surface area contributed by atoms with E-state index in [0.717, 1.165) is 23.3 Å². The molecule has 28 heavy (non-hydrogen) atoms. The summed E-state index contributed by atoms with van der Waals surface area (Å²) in [6, 6.07) is 12.6. The highest BCUT2D eigenvalue weighted by molar-refractivity contribution is 6.00. The predicted octanol–water partition coefficient (Wildman–Crippen LogP) is 3.41. The van der Waals surface area contributed by atoms with Crippen molar-refractivity contribution in [3.05, 3.63) is 53.9 Å². The smallest absolute Gasteiger partial charge is 0.262 e. The summed E-state index contributed by atoms with van der Waals surface area (Å²) in [4.78, 5) is 32.4. The molecule has 2 amide bonds. The van der Waals surface area contributed by atoms with Crippen LogP contribution in [0.5, 0.6) is 5.75 Å². The minimum atomic E-state index is -0.258. The third-order valence-electron chi connectivity index (χ3n) is 5.08. The van der Waals surface area contributed by atoms with Crippen LogP contribution < -0.4 is 15.4 Å². The van der Waals surface area contributed by atoms with Crippen molar-refractivity contribution in [2.45, 2.75) is 26.3 Å². The van der Waals surface area contributed by atoms with Crippen LogP contribution in [-0.2, 0) is 4.79 Å². The van der Waals surface area contributed by atoms with Gasteiger partial charge in [0.15, 0.2) is 6.61 Å². The van der Waals surface area contributed by atoms with Crippen molar-refractivity contribution in [3.63, 3.8) is 0 Å². The lowest BCUT2D eigenvalue weighted by atomic mass is 9.98. The zero-order chi connectivity index (χ0) is 19.7. The number of rotatable bonds is 5. The Hall–Kier alpha value is -3.35. The molecule has 4 rings (SSSR count). The predicted molar refractivity (Wildman–Crippen MR) is 106 cm³/mol. The van der Waals surface area contributed by atoms with Gasteiger partial charge in [-0.2, -0.15) is 0 Å². The maximum absolute atomic E-state index is 12.9. The largest absolute Gasteiger partial charge is 0.482 e. The molecule has 2 atom stereocenters. The summed E-state index contributed by atoms with van der Waals surface area (Å²) in [7, 11) is 0. The molecule has 0 bridgehead atoms. The molecule has 1 aliphatic rings. The van der Waals surface area contributed by atoms with E-state index in [4.69, 9.17) is 4.74 Å². The number of nitrogens with one attached hydrogen (secondary N) is 3. The van der Waals surface area contributed by atoms with Crippen molar-refractivity contribution in [2.24, 2.45) is 5.92 Å². The number of H-pyrrole nitrogens is 1.